The van der Waals surface area contributed by atoms with E-state index >= 15 is 0 Å². The number of pyridine rings is 1. The third-order valence-corrected chi connectivity index (χ3v) is 5.81. The number of benzene rings is 2. The third-order valence-electron chi connectivity index (χ3n) is 4.57. The molecular weight excluding hydrogens is 443 g/mol. The molecule has 0 bridgehead atoms. The van der Waals surface area contributed by atoms with Crippen molar-refractivity contribution >= 4 is 55.6 Å². The summed E-state index contributed by atoms with van der Waals surface area (Å²) in [7, 11) is 3.21. The minimum absolute atomic E-state index is 0.150. The Morgan fingerprint density at radius 3 is 2.81 bits per heavy atom. The first-order valence-electron chi connectivity index (χ1n) is 9.00. The number of rotatable bonds is 5. The zero-order chi connectivity index (χ0) is 22.1. The number of carbonyl (C=O) groups excluding carboxylic acids is 1. The number of aromatic hydroxyl groups is 1. The molecule has 7 nitrogen and oxygen atoms in total. The Kier molecular flexibility index (Phi) is 5.62. The Hall–Kier alpha value is -3.43. The van der Waals surface area contributed by atoms with Crippen molar-refractivity contribution in [1.29, 1.82) is 0 Å². The number of carbonyl (C=O) groups is 1. The highest BCUT2D eigenvalue weighted by molar-refractivity contribution is 7.22. The van der Waals surface area contributed by atoms with Gasteiger partial charge < -0.3 is 14.7 Å². The van der Waals surface area contributed by atoms with Crippen LogP contribution in [0.25, 0.3) is 10.2 Å². The van der Waals surface area contributed by atoms with Crippen molar-refractivity contribution in [2.45, 2.75) is 0 Å². The third kappa shape index (κ3) is 4.10. The van der Waals surface area contributed by atoms with Crippen LogP contribution in [0.4, 0.5) is 20.9 Å². The van der Waals surface area contributed by atoms with E-state index in [1.165, 1.54) is 42.8 Å². The summed E-state index contributed by atoms with van der Waals surface area (Å²) in [4.78, 5) is 22.7. The minimum atomic E-state index is -0.606. The topological polar surface area (TPSA) is 87.6 Å². The molecule has 2 aromatic carbocycles. The Morgan fingerprint density at radius 1 is 1.26 bits per heavy atom. The average molecular weight is 459 g/mol. The van der Waals surface area contributed by atoms with E-state index < -0.39 is 11.7 Å². The molecule has 0 fully saturated rings. The molecule has 31 heavy (non-hydrogen) atoms. The normalized spacial score (nSPS) is 10.8. The van der Waals surface area contributed by atoms with Gasteiger partial charge in [-0.2, -0.15) is 0 Å². The van der Waals surface area contributed by atoms with E-state index in [0.717, 1.165) is 10.4 Å². The standard InChI is InChI=1S/C21H16ClFN4O3S/c1-27(15-6-3-11(23)9-13(15)22)12-4-5-14-17(10-12)31-21(25-14)26-20(29)18-19(28)16(30-2)7-8-24-18/h3-10,28H,1-2H3,(H,25,26,29). The second-order valence-corrected chi connectivity index (χ2v) is 7.93. The van der Waals surface area contributed by atoms with Crippen LogP contribution < -0.4 is 15.0 Å². The number of fused-ring (bicyclic) bond motifs is 1. The van der Waals surface area contributed by atoms with Gasteiger partial charge in [0, 0.05) is 25.0 Å². The van der Waals surface area contributed by atoms with Crippen molar-refractivity contribution in [2.24, 2.45) is 0 Å². The maximum atomic E-state index is 13.3. The van der Waals surface area contributed by atoms with Crippen molar-refractivity contribution < 1.29 is 19.0 Å². The lowest BCUT2D eigenvalue weighted by Gasteiger charge is -2.20. The lowest BCUT2D eigenvalue weighted by atomic mass is 10.2. The number of ether oxygens (including phenoxy) is 1. The van der Waals surface area contributed by atoms with E-state index in [2.05, 4.69) is 15.3 Å². The van der Waals surface area contributed by atoms with Gasteiger partial charge in [-0.15, -0.1) is 0 Å². The van der Waals surface area contributed by atoms with Gasteiger partial charge in [0.1, 0.15) is 5.82 Å². The summed E-state index contributed by atoms with van der Waals surface area (Å²) >= 11 is 7.44. The number of hydrogen-bond donors (Lipinski definition) is 2. The van der Waals surface area contributed by atoms with E-state index in [0.29, 0.717) is 21.4 Å². The summed E-state index contributed by atoms with van der Waals surface area (Å²) < 4.78 is 19.2. The molecule has 0 spiro atoms. The quantitative estimate of drug-likeness (QED) is 0.426. The highest BCUT2D eigenvalue weighted by Gasteiger charge is 2.19. The Bertz CT molecular complexity index is 1300. The number of methoxy groups -OCH3 is 1. The summed E-state index contributed by atoms with van der Waals surface area (Å²) in [6.07, 6.45) is 1.37. The number of hydrogen-bond acceptors (Lipinski definition) is 7. The van der Waals surface area contributed by atoms with E-state index in [1.54, 1.807) is 6.07 Å². The van der Waals surface area contributed by atoms with Gasteiger partial charge in [0.25, 0.3) is 5.91 Å². The lowest BCUT2D eigenvalue weighted by Crippen LogP contribution is -2.13. The first-order valence-corrected chi connectivity index (χ1v) is 10.2. The zero-order valence-corrected chi connectivity index (χ0v) is 18.0. The highest BCUT2D eigenvalue weighted by atomic mass is 35.5. The maximum Gasteiger partial charge on any atom is 0.280 e. The second kappa shape index (κ2) is 8.37. The van der Waals surface area contributed by atoms with E-state index in [4.69, 9.17) is 16.3 Å². The summed E-state index contributed by atoms with van der Waals surface area (Å²) in [6.45, 7) is 0. The highest BCUT2D eigenvalue weighted by Crippen LogP contribution is 2.35. The van der Waals surface area contributed by atoms with Crippen LogP contribution in [0.2, 0.25) is 5.02 Å². The lowest BCUT2D eigenvalue weighted by molar-refractivity contribution is 0.101. The molecule has 0 atom stereocenters. The molecule has 0 saturated carbocycles. The number of amides is 1. The molecule has 10 heteroatoms. The number of anilines is 3. The number of thiazole rings is 1. The second-order valence-electron chi connectivity index (χ2n) is 6.49. The fraction of sp³-hybridized carbons (Fsp3) is 0.0952. The van der Waals surface area contributed by atoms with Gasteiger partial charge >= 0.3 is 0 Å². The maximum absolute atomic E-state index is 13.3. The molecule has 1 amide bonds. The molecule has 2 aromatic heterocycles. The number of nitrogens with zero attached hydrogens (tertiary/aromatic N) is 3. The molecule has 0 aliphatic heterocycles. The Morgan fingerprint density at radius 2 is 2.06 bits per heavy atom. The molecule has 0 aliphatic rings. The summed E-state index contributed by atoms with van der Waals surface area (Å²) in [6, 6.07) is 11.2. The molecule has 2 N–H and O–H groups in total. The Balaban J connectivity index is 1.60. The summed E-state index contributed by atoms with van der Waals surface area (Å²) in [5.74, 6) is -1.21. The van der Waals surface area contributed by atoms with Gasteiger partial charge in [-0.3, -0.25) is 10.1 Å². The van der Waals surface area contributed by atoms with E-state index in [1.807, 2.05) is 30.1 Å². The van der Waals surface area contributed by atoms with Gasteiger partial charge in [0.05, 0.1) is 28.0 Å². The smallest absolute Gasteiger partial charge is 0.280 e. The zero-order valence-electron chi connectivity index (χ0n) is 16.4. The first kappa shape index (κ1) is 20.8. The number of halogens is 2. The minimum Gasteiger partial charge on any atom is -0.503 e. The van der Waals surface area contributed by atoms with Gasteiger partial charge in [0.2, 0.25) is 0 Å². The molecule has 158 valence electrons. The Labute approximate surface area is 185 Å². The van der Waals surface area contributed by atoms with Gasteiger partial charge in [0.15, 0.2) is 22.3 Å². The predicted octanol–water partition coefficient (Wildman–Crippen LogP) is 5.22. The SMILES string of the molecule is COc1ccnc(C(=O)Nc2nc3ccc(N(C)c4ccc(F)cc4Cl)cc3s2)c1O. The molecule has 0 unspecified atom stereocenters. The van der Waals surface area contributed by atoms with E-state index in [9.17, 15) is 14.3 Å². The van der Waals surface area contributed by atoms with Crippen LogP contribution >= 0.6 is 22.9 Å². The molecule has 4 rings (SSSR count). The number of nitrogens with one attached hydrogen (secondary N) is 1. The molecule has 0 saturated heterocycles. The molecule has 4 aromatic rings. The van der Waals surface area contributed by atoms with Gasteiger partial charge in [-0.25, -0.2) is 14.4 Å². The van der Waals surface area contributed by atoms with Crippen LogP contribution in [0.5, 0.6) is 11.5 Å². The van der Waals surface area contributed by atoms with Crippen LogP contribution in [0.3, 0.4) is 0 Å². The fourth-order valence-corrected chi connectivity index (χ4v) is 4.18. The molecule has 2 heterocycles. The average Bonchev–Trinajstić information content (AvgIpc) is 3.14. The van der Waals surface area contributed by atoms with Crippen LogP contribution in [-0.2, 0) is 0 Å². The van der Waals surface area contributed by atoms with Crippen molar-refractivity contribution in [3.63, 3.8) is 0 Å². The van der Waals surface area contributed by atoms with Crippen LogP contribution in [-0.4, -0.2) is 35.1 Å². The summed E-state index contributed by atoms with van der Waals surface area (Å²) in [5.41, 5.74) is 1.99. The molecule has 0 aliphatic carbocycles. The molecule has 0 radical (unpaired) electrons. The van der Waals surface area contributed by atoms with Crippen molar-refractivity contribution in [2.75, 3.05) is 24.4 Å². The monoisotopic (exact) mass is 458 g/mol. The fourth-order valence-electron chi connectivity index (χ4n) is 2.99. The molecular formula is C21H16ClFN4O3S. The largest absolute Gasteiger partial charge is 0.503 e. The van der Waals surface area contributed by atoms with Crippen LogP contribution in [0, 0.1) is 5.82 Å². The van der Waals surface area contributed by atoms with Gasteiger partial charge in [-0.05, 0) is 36.4 Å². The first-order chi connectivity index (χ1) is 14.9. The predicted molar refractivity (Wildman–Crippen MR) is 120 cm³/mol. The van der Waals surface area contributed by atoms with Crippen molar-refractivity contribution in [3.8, 4) is 11.5 Å². The van der Waals surface area contributed by atoms with Gasteiger partial charge in [-0.1, -0.05) is 22.9 Å². The van der Waals surface area contributed by atoms with Crippen molar-refractivity contribution in [3.05, 3.63) is 65.2 Å². The summed E-state index contributed by atoms with van der Waals surface area (Å²) in [5, 5.41) is 13.4. The van der Waals surface area contributed by atoms with Crippen LogP contribution in [0.1, 0.15) is 10.5 Å². The van der Waals surface area contributed by atoms with Crippen molar-refractivity contribution in [1.82, 2.24) is 9.97 Å². The number of aromatic nitrogens is 2. The van der Waals surface area contributed by atoms with Crippen LogP contribution in [0.15, 0.2) is 48.7 Å². The van der Waals surface area contributed by atoms with E-state index in [-0.39, 0.29) is 17.2 Å².